The third-order valence-electron chi connectivity index (χ3n) is 3.06. The number of unbranched alkanes of at least 4 members (excludes halogenated alkanes) is 4. The minimum Gasteiger partial charge on any atom is -0.469 e. The van der Waals surface area contributed by atoms with Crippen LogP contribution < -0.4 is 10.6 Å². The maximum Gasteiger partial charge on any atom is 0.315 e. The number of methoxy groups -OCH3 is 2. The molecule has 8 heteroatoms. The smallest absolute Gasteiger partial charge is 0.315 e. The fourth-order valence-electron chi connectivity index (χ4n) is 1.77. The highest BCUT2D eigenvalue weighted by atomic mass is 16.5. The quantitative estimate of drug-likeness (QED) is 0.302. The van der Waals surface area contributed by atoms with E-state index in [9.17, 15) is 19.2 Å². The first-order chi connectivity index (χ1) is 11.0. The average molecular weight is 330 g/mol. The number of carbonyl (C=O) groups excluding carboxylic acids is 4. The molecule has 0 fully saturated rings. The van der Waals surface area contributed by atoms with Crippen LogP contribution in [0.15, 0.2) is 0 Å². The van der Waals surface area contributed by atoms with E-state index >= 15 is 0 Å². The lowest BCUT2D eigenvalue weighted by Gasteiger charge is -2.06. The van der Waals surface area contributed by atoms with E-state index in [1.54, 1.807) is 0 Å². The van der Waals surface area contributed by atoms with Gasteiger partial charge in [-0.05, 0) is 12.8 Å². The van der Waals surface area contributed by atoms with E-state index in [1.807, 2.05) is 0 Å². The number of carbonyl (C=O) groups is 4. The molecular weight excluding hydrogens is 304 g/mol. The van der Waals surface area contributed by atoms with Crippen LogP contribution in [0, 0.1) is 0 Å². The Kier molecular flexibility index (Phi) is 12.3. The Morgan fingerprint density at radius 1 is 0.652 bits per heavy atom. The standard InChI is InChI=1S/C15H26N2O6/c1-22-14(20)10-12(18)16-8-6-4-3-5-7-9-17-13(19)11-15(21)23-2/h3-11H2,1-2H3,(H,16,18)(H,17,19). The molecule has 0 spiro atoms. The zero-order valence-electron chi connectivity index (χ0n) is 13.8. The molecule has 0 aliphatic rings. The lowest BCUT2D eigenvalue weighted by atomic mass is 10.1. The minimum absolute atomic E-state index is 0.248. The molecule has 0 heterocycles. The summed E-state index contributed by atoms with van der Waals surface area (Å²) in [5.41, 5.74) is 0. The molecular formula is C15H26N2O6. The predicted octanol–water partition coefficient (Wildman–Crippen LogP) is 0.296. The fourth-order valence-corrected chi connectivity index (χ4v) is 1.77. The summed E-state index contributed by atoms with van der Waals surface area (Å²) in [6.07, 6.45) is 4.07. The SMILES string of the molecule is COC(=O)CC(=O)NCCCCCCCNC(=O)CC(=O)OC. The van der Waals surface area contributed by atoms with Gasteiger partial charge in [0.15, 0.2) is 0 Å². The summed E-state index contributed by atoms with van der Waals surface area (Å²) < 4.78 is 8.78. The molecule has 0 saturated heterocycles. The van der Waals surface area contributed by atoms with Crippen LogP contribution in [0.3, 0.4) is 0 Å². The molecule has 0 aromatic rings. The molecule has 0 bridgehead atoms. The van der Waals surface area contributed by atoms with Crippen molar-refractivity contribution in [3.8, 4) is 0 Å². The van der Waals surface area contributed by atoms with Crippen molar-refractivity contribution in [2.45, 2.75) is 44.9 Å². The lowest BCUT2D eigenvalue weighted by molar-refractivity contribution is -0.145. The van der Waals surface area contributed by atoms with Crippen molar-refractivity contribution in [1.82, 2.24) is 10.6 Å². The molecule has 0 aromatic carbocycles. The fraction of sp³-hybridized carbons (Fsp3) is 0.733. The molecule has 2 amide bonds. The molecule has 0 unspecified atom stereocenters. The van der Waals surface area contributed by atoms with Gasteiger partial charge in [-0.2, -0.15) is 0 Å². The molecule has 0 radical (unpaired) electrons. The van der Waals surface area contributed by atoms with Crippen molar-refractivity contribution in [3.05, 3.63) is 0 Å². The largest absolute Gasteiger partial charge is 0.469 e. The number of amides is 2. The molecule has 0 atom stereocenters. The van der Waals surface area contributed by atoms with Gasteiger partial charge in [-0.1, -0.05) is 19.3 Å². The summed E-state index contributed by atoms with van der Waals surface area (Å²) in [7, 11) is 2.49. The van der Waals surface area contributed by atoms with Crippen LogP contribution in [-0.4, -0.2) is 51.1 Å². The summed E-state index contributed by atoms with van der Waals surface area (Å²) in [6, 6.07) is 0. The van der Waals surface area contributed by atoms with Gasteiger partial charge in [0.05, 0.1) is 14.2 Å². The highest BCUT2D eigenvalue weighted by Crippen LogP contribution is 2.02. The van der Waals surface area contributed by atoms with E-state index in [1.165, 1.54) is 14.2 Å². The molecule has 0 aliphatic carbocycles. The normalized spacial score (nSPS) is 9.83. The van der Waals surface area contributed by atoms with Crippen molar-refractivity contribution in [2.75, 3.05) is 27.3 Å². The van der Waals surface area contributed by atoms with Crippen LogP contribution in [0.1, 0.15) is 44.9 Å². The first-order valence-corrected chi connectivity index (χ1v) is 7.66. The van der Waals surface area contributed by atoms with Crippen LogP contribution in [0.4, 0.5) is 0 Å². The highest BCUT2D eigenvalue weighted by molar-refractivity contribution is 5.94. The Bertz CT molecular complexity index is 361. The van der Waals surface area contributed by atoms with Crippen molar-refractivity contribution in [3.63, 3.8) is 0 Å². The number of ether oxygens (including phenoxy) is 2. The Hall–Kier alpha value is -2.12. The zero-order valence-corrected chi connectivity index (χ0v) is 13.8. The lowest BCUT2D eigenvalue weighted by Crippen LogP contribution is -2.27. The second-order valence-electron chi connectivity index (χ2n) is 4.97. The Balaban J connectivity index is 3.37. The highest BCUT2D eigenvalue weighted by Gasteiger charge is 2.08. The number of hydrogen-bond donors (Lipinski definition) is 2. The summed E-state index contributed by atoms with van der Waals surface area (Å²) in [5, 5.41) is 5.30. The maximum atomic E-state index is 11.3. The van der Waals surface area contributed by atoms with E-state index < -0.39 is 11.9 Å². The third-order valence-corrected chi connectivity index (χ3v) is 3.06. The first kappa shape index (κ1) is 20.9. The number of hydrogen-bond acceptors (Lipinski definition) is 6. The number of esters is 2. The molecule has 0 rings (SSSR count). The van der Waals surface area contributed by atoms with Gasteiger partial charge in [0, 0.05) is 13.1 Å². The monoisotopic (exact) mass is 330 g/mol. The third kappa shape index (κ3) is 13.3. The topological polar surface area (TPSA) is 111 Å². The molecule has 132 valence electrons. The summed E-state index contributed by atoms with van der Waals surface area (Å²) in [5.74, 6) is -1.75. The van der Waals surface area contributed by atoms with Crippen LogP contribution in [0.2, 0.25) is 0 Å². The minimum atomic E-state index is -0.545. The van der Waals surface area contributed by atoms with Crippen molar-refractivity contribution < 1.29 is 28.7 Å². The van der Waals surface area contributed by atoms with Crippen molar-refractivity contribution >= 4 is 23.8 Å². The van der Waals surface area contributed by atoms with Gasteiger partial charge >= 0.3 is 11.9 Å². The van der Waals surface area contributed by atoms with E-state index in [0.29, 0.717) is 13.1 Å². The molecule has 23 heavy (non-hydrogen) atoms. The van der Waals surface area contributed by atoms with Gasteiger partial charge < -0.3 is 20.1 Å². The Morgan fingerprint density at radius 2 is 1.00 bits per heavy atom. The van der Waals surface area contributed by atoms with E-state index in [0.717, 1.165) is 32.1 Å². The Labute approximate surface area is 136 Å². The predicted molar refractivity (Wildman–Crippen MR) is 82.4 cm³/mol. The van der Waals surface area contributed by atoms with Gasteiger partial charge in [0.1, 0.15) is 12.8 Å². The van der Waals surface area contributed by atoms with Gasteiger partial charge in [-0.15, -0.1) is 0 Å². The summed E-state index contributed by atoms with van der Waals surface area (Å²) in [4.78, 5) is 44.2. The van der Waals surface area contributed by atoms with Crippen molar-refractivity contribution in [2.24, 2.45) is 0 Å². The van der Waals surface area contributed by atoms with Crippen LogP contribution in [0.25, 0.3) is 0 Å². The molecule has 2 N–H and O–H groups in total. The molecule has 8 nitrogen and oxygen atoms in total. The van der Waals surface area contributed by atoms with E-state index in [4.69, 9.17) is 0 Å². The number of rotatable bonds is 12. The second kappa shape index (κ2) is 13.5. The zero-order chi connectivity index (χ0) is 17.5. The number of nitrogens with one attached hydrogen (secondary N) is 2. The Morgan fingerprint density at radius 3 is 1.35 bits per heavy atom. The summed E-state index contributed by atoms with van der Waals surface area (Å²) in [6.45, 7) is 1.07. The van der Waals surface area contributed by atoms with Gasteiger partial charge in [0.2, 0.25) is 11.8 Å². The van der Waals surface area contributed by atoms with Gasteiger partial charge in [-0.3, -0.25) is 19.2 Å². The molecule has 0 aliphatic heterocycles. The van der Waals surface area contributed by atoms with Crippen LogP contribution >= 0.6 is 0 Å². The van der Waals surface area contributed by atoms with Crippen LogP contribution in [0.5, 0.6) is 0 Å². The summed E-state index contributed by atoms with van der Waals surface area (Å²) >= 11 is 0. The second-order valence-corrected chi connectivity index (χ2v) is 4.97. The van der Waals surface area contributed by atoms with Gasteiger partial charge in [-0.25, -0.2) is 0 Å². The average Bonchev–Trinajstić information content (AvgIpc) is 2.52. The van der Waals surface area contributed by atoms with E-state index in [-0.39, 0.29) is 24.7 Å². The first-order valence-electron chi connectivity index (χ1n) is 7.66. The van der Waals surface area contributed by atoms with Crippen molar-refractivity contribution in [1.29, 1.82) is 0 Å². The van der Waals surface area contributed by atoms with Gasteiger partial charge in [0.25, 0.3) is 0 Å². The molecule has 0 saturated carbocycles. The molecule has 0 aromatic heterocycles. The van der Waals surface area contributed by atoms with Crippen LogP contribution in [-0.2, 0) is 28.7 Å². The maximum absolute atomic E-state index is 11.3. The van der Waals surface area contributed by atoms with E-state index in [2.05, 4.69) is 20.1 Å².